The van der Waals surface area contributed by atoms with Gasteiger partial charge in [-0.2, -0.15) is 0 Å². The third-order valence-corrected chi connectivity index (χ3v) is 7.25. The van der Waals surface area contributed by atoms with Crippen molar-refractivity contribution in [2.45, 2.75) is 48.9 Å². The number of amides is 1. The third kappa shape index (κ3) is 5.15. The molecule has 3 aromatic rings. The van der Waals surface area contributed by atoms with Gasteiger partial charge in [-0.3, -0.25) is 9.78 Å². The summed E-state index contributed by atoms with van der Waals surface area (Å²) in [5.74, 6) is 1.65. The molecule has 0 bridgehead atoms. The van der Waals surface area contributed by atoms with Crippen molar-refractivity contribution >= 4 is 34.5 Å². The Morgan fingerprint density at radius 1 is 1.26 bits per heavy atom. The average molecular weight is 481 g/mol. The molecule has 9 nitrogen and oxygen atoms in total. The summed E-state index contributed by atoms with van der Waals surface area (Å²) in [6, 6.07) is 9.80. The van der Waals surface area contributed by atoms with Crippen molar-refractivity contribution in [2.24, 2.45) is 5.73 Å². The number of hydrogen-bond acceptors (Lipinski definition) is 9. The Morgan fingerprint density at radius 2 is 2.18 bits per heavy atom. The van der Waals surface area contributed by atoms with E-state index in [9.17, 15) is 4.79 Å². The van der Waals surface area contributed by atoms with E-state index in [0.29, 0.717) is 37.0 Å². The second kappa shape index (κ2) is 10.2. The highest BCUT2D eigenvalue weighted by Crippen LogP contribution is 2.29. The molecule has 3 aromatic heterocycles. The number of nitrogens with two attached hydrogens (primary N) is 1. The minimum atomic E-state index is -0.136. The van der Waals surface area contributed by atoms with Crippen LogP contribution in [0.1, 0.15) is 24.1 Å². The molecule has 178 valence electrons. The number of nitrogens with zero attached hydrogens (tertiary/aromatic N) is 3. The van der Waals surface area contributed by atoms with Gasteiger partial charge < -0.3 is 25.8 Å². The van der Waals surface area contributed by atoms with E-state index in [2.05, 4.69) is 25.6 Å². The highest BCUT2D eigenvalue weighted by molar-refractivity contribution is 8.00. The van der Waals surface area contributed by atoms with Crippen LogP contribution in [0.25, 0.3) is 11.0 Å². The second-order valence-corrected chi connectivity index (χ2v) is 9.59. The number of methoxy groups -OCH3 is 1. The summed E-state index contributed by atoms with van der Waals surface area (Å²) < 4.78 is 11.4. The van der Waals surface area contributed by atoms with Crippen LogP contribution >= 0.6 is 11.8 Å². The number of thioether (sulfide) groups is 1. The molecule has 1 saturated heterocycles. The Bertz CT molecular complexity index is 1180. The fourth-order valence-corrected chi connectivity index (χ4v) is 5.10. The zero-order valence-electron chi connectivity index (χ0n) is 19.0. The van der Waals surface area contributed by atoms with Crippen molar-refractivity contribution in [3.8, 4) is 5.88 Å². The number of rotatable bonds is 7. The van der Waals surface area contributed by atoms with Gasteiger partial charge in [0.25, 0.3) is 0 Å². The maximum atomic E-state index is 11.6. The van der Waals surface area contributed by atoms with Crippen molar-refractivity contribution in [3.63, 3.8) is 0 Å². The van der Waals surface area contributed by atoms with Crippen LogP contribution in [-0.2, 0) is 22.5 Å². The van der Waals surface area contributed by atoms with Crippen molar-refractivity contribution in [3.05, 3.63) is 47.8 Å². The van der Waals surface area contributed by atoms with Gasteiger partial charge in [-0.25, -0.2) is 9.97 Å². The summed E-state index contributed by atoms with van der Waals surface area (Å²) >= 11 is 1.52. The lowest BCUT2D eigenvalue weighted by molar-refractivity contribution is -0.113. The van der Waals surface area contributed by atoms with E-state index in [1.165, 1.54) is 11.8 Å². The number of carbonyl (C=O) groups is 1. The van der Waals surface area contributed by atoms with E-state index in [1.54, 1.807) is 13.3 Å². The van der Waals surface area contributed by atoms with Gasteiger partial charge in [0.2, 0.25) is 11.8 Å². The monoisotopic (exact) mass is 480 g/mol. The molecule has 4 N–H and O–H groups in total. The van der Waals surface area contributed by atoms with Gasteiger partial charge in [0.1, 0.15) is 5.82 Å². The number of fused-ring (bicyclic) bond motifs is 2. The molecule has 1 unspecified atom stereocenters. The fraction of sp³-hybridized carbons (Fsp3) is 0.417. The molecule has 2 aliphatic rings. The molecule has 5 heterocycles. The Labute approximate surface area is 202 Å². The summed E-state index contributed by atoms with van der Waals surface area (Å²) in [6.07, 6.45) is 4.28. The van der Waals surface area contributed by atoms with Crippen molar-refractivity contribution < 1.29 is 14.3 Å². The summed E-state index contributed by atoms with van der Waals surface area (Å²) in [6.45, 7) is 1.22. The number of anilines is 1. The van der Waals surface area contributed by atoms with Crippen LogP contribution in [0, 0.1) is 0 Å². The van der Waals surface area contributed by atoms with Crippen molar-refractivity contribution in [2.75, 3.05) is 24.8 Å². The van der Waals surface area contributed by atoms with E-state index >= 15 is 0 Å². The van der Waals surface area contributed by atoms with Gasteiger partial charge >= 0.3 is 0 Å². The first-order valence-corrected chi connectivity index (χ1v) is 12.4. The van der Waals surface area contributed by atoms with Crippen LogP contribution in [-0.4, -0.2) is 58.5 Å². The molecular formula is C24H28N6O3S. The van der Waals surface area contributed by atoms with E-state index in [1.807, 2.05) is 30.3 Å². The molecule has 34 heavy (non-hydrogen) atoms. The average Bonchev–Trinajstić information content (AvgIpc) is 2.87. The molecule has 2 aliphatic heterocycles. The van der Waals surface area contributed by atoms with Crippen molar-refractivity contribution in [1.29, 1.82) is 0 Å². The minimum absolute atomic E-state index is 0.00662. The lowest BCUT2D eigenvalue weighted by atomic mass is 9.95. The van der Waals surface area contributed by atoms with Gasteiger partial charge in [-0.15, -0.1) is 11.8 Å². The number of pyridine rings is 3. The highest BCUT2D eigenvalue weighted by Gasteiger charge is 2.27. The number of ether oxygens (including phenoxy) is 2. The van der Waals surface area contributed by atoms with E-state index in [0.717, 1.165) is 40.0 Å². The predicted octanol–water partition coefficient (Wildman–Crippen LogP) is 2.28. The molecule has 0 spiro atoms. The fourth-order valence-electron chi connectivity index (χ4n) is 4.35. The van der Waals surface area contributed by atoms with Crippen LogP contribution in [0.4, 0.5) is 5.82 Å². The SMILES string of the molecule is COc1ccc2nccc(CC(N)[C@H]3CC[C@H](NCc4ccc5c(n4)NC(=O)CS5)CO3)c2n1. The highest BCUT2D eigenvalue weighted by atomic mass is 32.2. The van der Waals surface area contributed by atoms with Gasteiger partial charge in [0.05, 0.1) is 47.2 Å². The molecule has 3 atom stereocenters. The summed E-state index contributed by atoms with van der Waals surface area (Å²) in [5.41, 5.74) is 10.1. The largest absolute Gasteiger partial charge is 0.481 e. The molecule has 1 amide bonds. The van der Waals surface area contributed by atoms with Gasteiger partial charge in [0.15, 0.2) is 0 Å². The zero-order chi connectivity index (χ0) is 23.5. The second-order valence-electron chi connectivity index (χ2n) is 8.57. The molecule has 0 saturated carbocycles. The molecule has 10 heteroatoms. The lowest BCUT2D eigenvalue weighted by Crippen LogP contribution is -2.47. The smallest absolute Gasteiger partial charge is 0.235 e. The molecular weight excluding hydrogens is 452 g/mol. The number of carbonyl (C=O) groups excluding carboxylic acids is 1. The quantitative estimate of drug-likeness (QED) is 0.467. The van der Waals surface area contributed by atoms with Gasteiger partial charge in [-0.1, -0.05) is 0 Å². The zero-order valence-corrected chi connectivity index (χ0v) is 19.8. The Balaban J connectivity index is 1.14. The van der Waals surface area contributed by atoms with Crippen LogP contribution < -0.4 is 21.1 Å². The summed E-state index contributed by atoms with van der Waals surface area (Å²) in [5, 5.41) is 6.36. The summed E-state index contributed by atoms with van der Waals surface area (Å²) in [7, 11) is 1.61. The molecule has 0 aliphatic carbocycles. The number of hydrogen-bond donors (Lipinski definition) is 3. The normalized spacial score (nSPS) is 21.1. The van der Waals surface area contributed by atoms with Crippen LogP contribution in [0.2, 0.25) is 0 Å². The van der Waals surface area contributed by atoms with Crippen LogP contribution in [0.15, 0.2) is 41.4 Å². The standard InChI is InChI=1S/C24H28N6O3S/c1-32-22-7-4-18-23(30-22)14(8-9-26-18)10-17(25)19-5-2-16(12-33-19)27-11-15-3-6-20-24(28-15)29-21(31)13-34-20/h3-4,6-9,16-17,19,27H,2,5,10-13,25H2,1H3,(H,28,29,31)/t16-,17?,19+/m0/s1. The maximum Gasteiger partial charge on any atom is 0.235 e. The molecule has 0 aromatic carbocycles. The van der Waals surface area contributed by atoms with Gasteiger partial charge in [-0.05, 0) is 49.1 Å². The first-order valence-electron chi connectivity index (χ1n) is 11.4. The number of nitrogens with one attached hydrogen (secondary N) is 2. The molecule has 1 fully saturated rings. The Morgan fingerprint density at radius 3 is 3.00 bits per heavy atom. The predicted molar refractivity (Wildman–Crippen MR) is 131 cm³/mol. The third-order valence-electron chi connectivity index (χ3n) is 6.20. The van der Waals surface area contributed by atoms with E-state index < -0.39 is 0 Å². The minimum Gasteiger partial charge on any atom is -0.481 e. The molecule has 5 rings (SSSR count). The van der Waals surface area contributed by atoms with Crippen molar-refractivity contribution in [1.82, 2.24) is 20.3 Å². The summed E-state index contributed by atoms with van der Waals surface area (Å²) in [4.78, 5) is 26.2. The van der Waals surface area contributed by atoms with Crippen LogP contribution in [0.5, 0.6) is 5.88 Å². The lowest BCUT2D eigenvalue weighted by Gasteiger charge is -2.33. The Hall–Kier alpha value is -2.79. The number of aromatic nitrogens is 3. The first-order chi connectivity index (χ1) is 16.6. The topological polar surface area (TPSA) is 124 Å². The van der Waals surface area contributed by atoms with E-state index in [4.69, 9.17) is 15.2 Å². The van der Waals surface area contributed by atoms with Gasteiger partial charge in [0, 0.05) is 30.9 Å². The maximum absolute atomic E-state index is 11.6. The Kier molecular flexibility index (Phi) is 6.91. The van der Waals surface area contributed by atoms with E-state index in [-0.39, 0.29) is 24.1 Å². The molecule has 0 radical (unpaired) electrons. The van der Waals surface area contributed by atoms with Crippen LogP contribution in [0.3, 0.4) is 0 Å². The first kappa shape index (κ1) is 23.0.